The van der Waals surface area contributed by atoms with Gasteiger partial charge >= 0.3 is 0 Å². The second-order valence-electron chi connectivity index (χ2n) is 5.85. The van der Waals surface area contributed by atoms with Crippen LogP contribution in [0.3, 0.4) is 0 Å². The van der Waals surface area contributed by atoms with Crippen molar-refractivity contribution in [1.82, 2.24) is 15.3 Å². The first-order valence-electron chi connectivity index (χ1n) is 8.08. The van der Waals surface area contributed by atoms with E-state index in [2.05, 4.69) is 27.4 Å². The molecule has 6 heteroatoms. The van der Waals surface area contributed by atoms with Crippen molar-refractivity contribution in [3.05, 3.63) is 41.8 Å². The standard InChI is InChI=1S/C18H21N3O2S/c1-12-15(17(22)19-11-13-7-4-3-5-8-13)18(24-2)21-16(20-12)14-9-6-10-23-14/h3-4,6,9-10,13H,5,7-8,11H2,1-2H3,(H,19,22)/t13-/m1/s1. The van der Waals surface area contributed by atoms with Gasteiger partial charge in [-0.1, -0.05) is 12.2 Å². The summed E-state index contributed by atoms with van der Waals surface area (Å²) in [6.45, 7) is 2.53. The molecule has 2 aromatic heterocycles. The zero-order valence-corrected chi connectivity index (χ0v) is 14.7. The molecule has 1 amide bonds. The van der Waals surface area contributed by atoms with E-state index in [0.717, 1.165) is 19.3 Å². The Kier molecular flexibility index (Phi) is 5.35. The van der Waals surface area contributed by atoms with E-state index in [0.29, 0.717) is 40.3 Å². The lowest BCUT2D eigenvalue weighted by Gasteiger charge is -2.19. The third-order valence-corrected chi connectivity index (χ3v) is 4.83. The number of furan rings is 1. The Labute approximate surface area is 146 Å². The van der Waals surface area contributed by atoms with Gasteiger partial charge in [-0.2, -0.15) is 0 Å². The zero-order valence-electron chi connectivity index (χ0n) is 13.9. The molecule has 0 fully saturated rings. The van der Waals surface area contributed by atoms with Crippen LogP contribution in [0.2, 0.25) is 0 Å². The first-order chi connectivity index (χ1) is 11.7. The van der Waals surface area contributed by atoms with E-state index >= 15 is 0 Å². The summed E-state index contributed by atoms with van der Waals surface area (Å²) in [4.78, 5) is 21.6. The van der Waals surface area contributed by atoms with Gasteiger partial charge in [-0.05, 0) is 50.5 Å². The minimum absolute atomic E-state index is 0.0996. The van der Waals surface area contributed by atoms with Crippen LogP contribution in [0.15, 0.2) is 40.0 Å². The first-order valence-corrected chi connectivity index (χ1v) is 9.31. The van der Waals surface area contributed by atoms with Crippen molar-refractivity contribution in [3.8, 4) is 11.6 Å². The molecule has 24 heavy (non-hydrogen) atoms. The number of hydrogen-bond donors (Lipinski definition) is 1. The van der Waals surface area contributed by atoms with Crippen LogP contribution in [0.4, 0.5) is 0 Å². The Hall–Kier alpha value is -2.08. The third kappa shape index (κ3) is 3.70. The molecule has 2 heterocycles. The number of thioether (sulfide) groups is 1. The molecule has 2 aromatic rings. The Morgan fingerprint density at radius 1 is 1.42 bits per heavy atom. The molecule has 1 aliphatic rings. The van der Waals surface area contributed by atoms with Crippen LogP contribution < -0.4 is 5.32 Å². The Morgan fingerprint density at radius 2 is 2.29 bits per heavy atom. The maximum absolute atomic E-state index is 12.6. The number of hydrogen-bond acceptors (Lipinski definition) is 5. The molecule has 0 saturated heterocycles. The Morgan fingerprint density at radius 3 is 2.96 bits per heavy atom. The fourth-order valence-electron chi connectivity index (χ4n) is 2.84. The highest BCUT2D eigenvalue weighted by molar-refractivity contribution is 7.98. The van der Waals surface area contributed by atoms with Gasteiger partial charge in [0.2, 0.25) is 0 Å². The lowest BCUT2D eigenvalue weighted by molar-refractivity contribution is 0.0941. The highest BCUT2D eigenvalue weighted by Crippen LogP contribution is 2.25. The molecule has 1 aliphatic carbocycles. The van der Waals surface area contributed by atoms with Crippen LogP contribution in [0.25, 0.3) is 11.6 Å². The molecular weight excluding hydrogens is 322 g/mol. The minimum atomic E-state index is -0.0996. The summed E-state index contributed by atoms with van der Waals surface area (Å²) in [5, 5.41) is 3.72. The molecule has 0 radical (unpaired) electrons. The predicted molar refractivity (Wildman–Crippen MR) is 95.1 cm³/mol. The fourth-order valence-corrected chi connectivity index (χ4v) is 3.46. The highest BCUT2D eigenvalue weighted by Gasteiger charge is 2.20. The monoisotopic (exact) mass is 343 g/mol. The van der Waals surface area contributed by atoms with Crippen molar-refractivity contribution in [2.45, 2.75) is 31.2 Å². The van der Waals surface area contributed by atoms with Gasteiger partial charge < -0.3 is 9.73 Å². The van der Waals surface area contributed by atoms with Crippen molar-refractivity contribution in [3.63, 3.8) is 0 Å². The Bertz CT molecular complexity index is 741. The van der Waals surface area contributed by atoms with Crippen LogP contribution in [0, 0.1) is 12.8 Å². The predicted octanol–water partition coefficient (Wildman–Crippen LogP) is 3.85. The second-order valence-corrected chi connectivity index (χ2v) is 6.65. The van der Waals surface area contributed by atoms with Crippen molar-refractivity contribution >= 4 is 17.7 Å². The second kappa shape index (κ2) is 7.66. The third-order valence-electron chi connectivity index (χ3n) is 4.15. The van der Waals surface area contributed by atoms with E-state index in [-0.39, 0.29) is 5.91 Å². The molecular formula is C18H21N3O2S. The number of rotatable bonds is 5. The normalized spacial score (nSPS) is 17.0. The SMILES string of the molecule is CSc1nc(-c2ccco2)nc(C)c1C(=O)NC[C@@H]1CC=CCC1. The maximum atomic E-state index is 12.6. The number of carbonyl (C=O) groups is 1. The Balaban J connectivity index is 1.78. The van der Waals surface area contributed by atoms with E-state index in [1.54, 1.807) is 12.3 Å². The molecule has 0 aromatic carbocycles. The van der Waals surface area contributed by atoms with Gasteiger partial charge in [-0.3, -0.25) is 4.79 Å². The lowest BCUT2D eigenvalue weighted by Crippen LogP contribution is -2.31. The van der Waals surface area contributed by atoms with Gasteiger partial charge in [0.1, 0.15) is 5.03 Å². The van der Waals surface area contributed by atoms with E-state index in [1.165, 1.54) is 11.8 Å². The summed E-state index contributed by atoms with van der Waals surface area (Å²) in [7, 11) is 0. The molecule has 5 nitrogen and oxygen atoms in total. The summed E-state index contributed by atoms with van der Waals surface area (Å²) in [5.74, 6) is 1.53. The van der Waals surface area contributed by atoms with Crippen molar-refractivity contribution < 1.29 is 9.21 Å². The van der Waals surface area contributed by atoms with Crippen molar-refractivity contribution in [1.29, 1.82) is 0 Å². The van der Waals surface area contributed by atoms with E-state index < -0.39 is 0 Å². The largest absolute Gasteiger partial charge is 0.461 e. The van der Waals surface area contributed by atoms with Crippen LogP contribution in [0.5, 0.6) is 0 Å². The van der Waals surface area contributed by atoms with Crippen LogP contribution in [-0.4, -0.2) is 28.7 Å². The number of aryl methyl sites for hydroxylation is 1. The van der Waals surface area contributed by atoms with E-state index in [1.807, 2.05) is 19.2 Å². The quantitative estimate of drug-likeness (QED) is 0.507. The fraction of sp³-hybridized carbons (Fsp3) is 0.389. The average Bonchev–Trinajstić information content (AvgIpc) is 3.14. The topological polar surface area (TPSA) is 68.0 Å². The van der Waals surface area contributed by atoms with Gasteiger partial charge in [0.15, 0.2) is 11.6 Å². The molecule has 126 valence electrons. The van der Waals surface area contributed by atoms with Gasteiger partial charge in [-0.25, -0.2) is 9.97 Å². The van der Waals surface area contributed by atoms with Crippen molar-refractivity contribution in [2.24, 2.45) is 5.92 Å². The lowest BCUT2D eigenvalue weighted by atomic mass is 9.94. The number of aromatic nitrogens is 2. The average molecular weight is 343 g/mol. The number of nitrogens with one attached hydrogen (secondary N) is 1. The van der Waals surface area contributed by atoms with Gasteiger partial charge in [0.25, 0.3) is 5.91 Å². The summed E-state index contributed by atoms with van der Waals surface area (Å²) >= 11 is 1.45. The van der Waals surface area contributed by atoms with Crippen LogP contribution in [-0.2, 0) is 0 Å². The van der Waals surface area contributed by atoms with E-state index in [9.17, 15) is 4.79 Å². The maximum Gasteiger partial charge on any atom is 0.255 e. The smallest absolute Gasteiger partial charge is 0.255 e. The number of amides is 1. The summed E-state index contributed by atoms with van der Waals surface area (Å²) in [5.41, 5.74) is 1.23. The highest BCUT2D eigenvalue weighted by atomic mass is 32.2. The number of nitrogens with zero attached hydrogens (tertiary/aromatic N) is 2. The molecule has 0 unspecified atom stereocenters. The van der Waals surface area contributed by atoms with Crippen LogP contribution >= 0.6 is 11.8 Å². The molecule has 0 bridgehead atoms. The summed E-state index contributed by atoms with van der Waals surface area (Å²) in [6.07, 6.45) is 11.1. The molecule has 3 rings (SSSR count). The van der Waals surface area contributed by atoms with Gasteiger partial charge in [0, 0.05) is 6.54 Å². The van der Waals surface area contributed by atoms with Gasteiger partial charge in [0.05, 0.1) is 17.5 Å². The van der Waals surface area contributed by atoms with Crippen molar-refractivity contribution in [2.75, 3.05) is 12.8 Å². The van der Waals surface area contributed by atoms with E-state index in [4.69, 9.17) is 4.42 Å². The first kappa shape index (κ1) is 16.8. The summed E-state index contributed by atoms with van der Waals surface area (Å²) in [6, 6.07) is 3.61. The summed E-state index contributed by atoms with van der Waals surface area (Å²) < 4.78 is 5.36. The molecule has 0 spiro atoms. The minimum Gasteiger partial charge on any atom is -0.461 e. The zero-order chi connectivity index (χ0) is 16.9. The molecule has 1 N–H and O–H groups in total. The number of carbonyl (C=O) groups excluding carboxylic acids is 1. The van der Waals surface area contributed by atoms with Crippen LogP contribution in [0.1, 0.15) is 35.3 Å². The molecule has 0 aliphatic heterocycles. The molecule has 1 atom stereocenters. The number of allylic oxidation sites excluding steroid dienone is 2. The van der Waals surface area contributed by atoms with Gasteiger partial charge in [-0.15, -0.1) is 11.8 Å². The molecule has 0 saturated carbocycles.